The third-order valence-corrected chi connectivity index (χ3v) is 32.1. The van der Waals surface area contributed by atoms with Crippen molar-refractivity contribution >= 4 is 174 Å². The molecule has 3 N–H and O–H groups in total. The zero-order valence-electron chi connectivity index (χ0n) is 76.8. The summed E-state index contributed by atoms with van der Waals surface area (Å²) in [5, 5.41) is 30.9. The predicted octanol–water partition coefficient (Wildman–Crippen LogP) is 16.5. The van der Waals surface area contributed by atoms with Crippen LogP contribution < -0.4 is 19.7 Å². The summed E-state index contributed by atoms with van der Waals surface area (Å²) in [6.07, 6.45) is 0.229. The van der Waals surface area contributed by atoms with Gasteiger partial charge >= 0.3 is 25.1 Å². The maximum Gasteiger partial charge on any atom is 0.494 e. The lowest BCUT2D eigenvalue weighted by Gasteiger charge is -2.32. The van der Waals surface area contributed by atoms with Crippen LogP contribution in [0.2, 0.25) is 92.1 Å². The Morgan fingerprint density at radius 2 is 0.789 bits per heavy atom. The molecule has 7 aliphatic heterocycles. The molecule has 45 heteroatoms. The highest BCUT2D eigenvalue weighted by Crippen LogP contribution is 2.43. The molecule has 6 aromatic heterocycles. The molecule has 7 fully saturated rings. The number of nitrogens with zero attached hydrogens (tertiary/aromatic N) is 11. The topological polar surface area (TPSA) is 341 Å². The first-order valence-corrected chi connectivity index (χ1v) is 62.1. The van der Waals surface area contributed by atoms with E-state index in [1.54, 1.807) is 52.0 Å². The molecule has 7 saturated heterocycles. The quantitative estimate of drug-likeness (QED) is 0.0107. The number of pyridine rings is 3. The number of hydrogen-bond donors (Lipinski definition) is 3. The Labute approximate surface area is 810 Å². The third kappa shape index (κ3) is 24.9. The van der Waals surface area contributed by atoms with Gasteiger partial charge in [0.15, 0.2) is 58.5 Å². The normalized spacial score (nSPS) is 23.2. The fraction of sp³-hybridized carbons (Fsp3) is 0.523. The van der Waals surface area contributed by atoms with Gasteiger partial charge < -0.3 is 81.5 Å². The van der Waals surface area contributed by atoms with Crippen LogP contribution >= 0.6 is 73.3 Å². The molecule has 12 atom stereocenters. The highest BCUT2D eigenvalue weighted by atomic mass is 127. The Hall–Kier alpha value is -6.00. The van der Waals surface area contributed by atoms with Crippen LogP contribution in [0.4, 0.5) is 28.9 Å². The summed E-state index contributed by atoms with van der Waals surface area (Å²) in [5.74, 6) is -4.28. The number of fused-ring (bicyclic) bond motifs is 6. The van der Waals surface area contributed by atoms with Gasteiger partial charge in [-0.3, -0.25) is 13.7 Å². The highest BCUT2D eigenvalue weighted by molar-refractivity contribution is 14.1. The Kier molecular flexibility index (Phi) is 32.3. The fourth-order valence-electron chi connectivity index (χ4n) is 15.2. The van der Waals surface area contributed by atoms with Crippen molar-refractivity contribution in [3.8, 4) is 51.7 Å². The van der Waals surface area contributed by atoms with E-state index < -0.39 is 122 Å². The minimum absolute atomic E-state index is 0.00110. The van der Waals surface area contributed by atoms with E-state index in [4.69, 9.17) is 101 Å². The second-order valence-electron chi connectivity index (χ2n) is 38.7. The first kappa shape index (κ1) is 103. The van der Waals surface area contributed by atoms with Gasteiger partial charge in [-0.15, -0.1) is 0 Å². The first-order chi connectivity index (χ1) is 62.4. The zero-order valence-corrected chi connectivity index (χ0v) is 87.4. The van der Waals surface area contributed by atoms with Crippen molar-refractivity contribution in [2.24, 2.45) is 8.73 Å². The summed E-state index contributed by atoms with van der Waals surface area (Å²) >= 11 is 24.4. The first-order valence-electron chi connectivity index (χ1n) is 43.3. The van der Waals surface area contributed by atoms with Gasteiger partial charge in [0.2, 0.25) is 0 Å². The summed E-state index contributed by atoms with van der Waals surface area (Å²) in [7, 11) is -8.77. The van der Waals surface area contributed by atoms with Crippen molar-refractivity contribution < 1.29 is 107 Å². The molecule has 0 aliphatic carbocycles. The molecule has 0 amide bonds. The number of imidazole rings is 3. The standard InChI is InChI=1S/C32H37ClF2N4O6SSi.C24H27BrClF2N3O5Si.C18H25ClIN3O5Si.C14H22BNO3S/c1-46(2,41)38-19-8-6-18(7-9-19)20-10-11-21(27(35)26(20)34)28-22(33)14-23-31(37-28)39(17-42-12-13-47(3,4)5)32(36-23)45-25-16-44-29-24(40)15-43-30(25)29;1-37(2,3)7-6-33-11-31-23-15(29-24(31)36-17-10-35-21-16(32)9-34-22(17)21)8-14(26)20(30-23)12-4-5-13(25)19(28)18(12)27;1-29(2,3)5-4-25-9-23-17-11(6-10(19)16(20)22-17)21-18(23)28-13-8-27-14-12(24)7-26-15(13)14;1-13(2)14(3,4)19-15(18-13)11-7-9-12(10-8-11)16-20(5,6)17/h6-11,14,24-25,29-30,40H,12-13,15-17H2,1-5H3;4-5,8,16-17,21-22,32H,6-7,9-11H2,1-3H3;6,12-15,24H,4-5,7-9H2,1-3H3;7-10H,1-6H3/t24-,25-,29-,30-;16-,17-,21-,22-;12-,13-,14-,15-;/m111./s1. The minimum atomic E-state index is -2.37. The summed E-state index contributed by atoms with van der Waals surface area (Å²) < 4.78 is 181. The molecule has 0 radical (unpaired) electrons. The molecule has 0 unspecified atom stereocenters. The Balaban J connectivity index is 0.000000148. The van der Waals surface area contributed by atoms with Crippen LogP contribution in [0.25, 0.3) is 67.1 Å². The smallest absolute Gasteiger partial charge is 0.456 e. The monoisotopic (exact) mass is 2170 g/mol. The molecule has 10 aromatic rings. The van der Waals surface area contributed by atoms with E-state index in [9.17, 15) is 32.5 Å². The predicted molar refractivity (Wildman–Crippen MR) is 523 cm³/mol. The molecule has 0 bridgehead atoms. The maximum absolute atomic E-state index is 15.8. The number of aliphatic hydroxyl groups is 3. The van der Waals surface area contributed by atoms with Gasteiger partial charge in [-0.1, -0.05) is 124 Å². The molecule has 0 saturated carbocycles. The van der Waals surface area contributed by atoms with Crippen LogP contribution in [0.15, 0.2) is 104 Å². The zero-order chi connectivity index (χ0) is 96.1. The number of aliphatic hydroxyl groups excluding tert-OH is 3. The Morgan fingerprint density at radius 3 is 1.16 bits per heavy atom. The molecule has 30 nitrogen and oxygen atoms in total. The molecular formula is C88H111BBrCl3F4IN11O19S2Si3. The third-order valence-electron chi connectivity index (χ3n) is 23.1. The molecular weight excluding hydrogens is 2060 g/mol. The van der Waals surface area contributed by atoms with Crippen molar-refractivity contribution in [2.45, 2.75) is 209 Å². The summed E-state index contributed by atoms with van der Waals surface area (Å²) in [4.78, 5) is 27.6. The number of aromatic nitrogens is 9. The molecule has 7 aliphatic rings. The van der Waals surface area contributed by atoms with E-state index in [0.717, 1.165) is 23.6 Å². The van der Waals surface area contributed by atoms with Crippen molar-refractivity contribution in [1.82, 2.24) is 43.6 Å². The van der Waals surface area contributed by atoms with E-state index in [0.29, 0.717) is 91.6 Å². The van der Waals surface area contributed by atoms with Gasteiger partial charge in [-0.2, -0.15) is 23.7 Å². The second-order valence-corrected chi connectivity index (χ2v) is 63.7. The van der Waals surface area contributed by atoms with Gasteiger partial charge in [-0.25, -0.2) is 40.9 Å². The summed E-state index contributed by atoms with van der Waals surface area (Å²) in [6, 6.07) is 28.1. The number of halogens is 9. The second kappa shape index (κ2) is 41.8. The van der Waals surface area contributed by atoms with Crippen LogP contribution in [-0.4, -0.2) is 268 Å². The van der Waals surface area contributed by atoms with Gasteiger partial charge in [0.05, 0.1) is 93.1 Å². The highest BCUT2D eigenvalue weighted by Gasteiger charge is 2.54. The largest absolute Gasteiger partial charge is 0.494 e. The van der Waals surface area contributed by atoms with Crippen LogP contribution in [0.3, 0.4) is 0 Å². The van der Waals surface area contributed by atoms with E-state index >= 15 is 8.78 Å². The SMILES string of the molecule is CC1(C)OB(c2ccc(N=S(C)(C)=O)cc2)OC1(C)C.C[Si](C)(C)CCOCn1c(O[C@@H]2CO[C@H]3[C@@H]2OC[C@H]3O)nc2cc(Cl)c(-c3ccc(-c4ccc(N=S(C)(C)=O)cc4)c(F)c3F)nc21.C[Si](C)(C)CCOCn1c(O[C@@H]2CO[C@H]3[C@@H]2OC[C@H]3O)nc2cc(Cl)c(-c3ccc(Br)c(F)c3F)nc21.C[Si](C)(C)CCOCn1c(O[C@@H]2CO[C@H]3[C@@H]2OC[C@H]3O)nc2cc(Cl)c(I)nc21. The number of benzene rings is 4. The van der Waals surface area contributed by atoms with E-state index in [-0.39, 0.29) is 144 Å². The number of rotatable bonds is 27. The fourth-order valence-corrected chi connectivity index (χ4v) is 20.0. The summed E-state index contributed by atoms with van der Waals surface area (Å²) in [5.41, 5.74) is 4.51. The van der Waals surface area contributed by atoms with E-state index in [1.807, 2.05) is 56.5 Å². The van der Waals surface area contributed by atoms with Gasteiger partial charge in [0.25, 0.3) is 0 Å². The summed E-state index contributed by atoms with van der Waals surface area (Å²) in [6.45, 7) is 32.0. The molecule has 13 heterocycles. The number of ether oxygens (including phenoxy) is 12. The Bertz CT molecular complexity index is 6150. The molecule has 0 spiro atoms. The van der Waals surface area contributed by atoms with E-state index in [2.05, 4.69) is 136 Å². The van der Waals surface area contributed by atoms with Crippen molar-refractivity contribution in [3.05, 3.63) is 138 Å². The Morgan fingerprint density at radius 1 is 0.466 bits per heavy atom. The van der Waals surface area contributed by atoms with Gasteiger partial charge in [0, 0.05) is 105 Å². The van der Waals surface area contributed by atoms with Crippen molar-refractivity contribution in [1.29, 1.82) is 0 Å². The van der Waals surface area contributed by atoms with Crippen LogP contribution in [0.5, 0.6) is 18.0 Å². The number of hydrogen-bond acceptors (Lipinski definition) is 27. The lowest BCUT2D eigenvalue weighted by Crippen LogP contribution is -2.41. The van der Waals surface area contributed by atoms with E-state index in [1.165, 1.54) is 48.9 Å². The van der Waals surface area contributed by atoms with Gasteiger partial charge in [0.1, 0.15) is 95.4 Å². The minimum Gasteiger partial charge on any atom is -0.456 e. The van der Waals surface area contributed by atoms with Crippen LogP contribution in [-0.2, 0) is 91.6 Å². The van der Waals surface area contributed by atoms with Gasteiger partial charge in [-0.05, 0) is 156 Å². The molecule has 4 aromatic carbocycles. The molecule has 722 valence electrons. The molecule has 133 heavy (non-hydrogen) atoms. The lowest BCUT2D eigenvalue weighted by atomic mass is 9.79. The van der Waals surface area contributed by atoms with Crippen molar-refractivity contribution in [2.75, 3.05) is 84.5 Å². The van der Waals surface area contributed by atoms with Crippen LogP contribution in [0, 0.1) is 27.0 Å². The lowest BCUT2D eigenvalue weighted by molar-refractivity contribution is 0.00332. The average Bonchev–Trinajstić information content (AvgIpc) is 1.65. The van der Waals surface area contributed by atoms with Crippen molar-refractivity contribution in [3.63, 3.8) is 0 Å². The molecule has 17 rings (SSSR count). The van der Waals surface area contributed by atoms with Crippen LogP contribution in [0.1, 0.15) is 27.7 Å². The maximum atomic E-state index is 15.8. The average molecular weight is 2180 g/mol.